The van der Waals surface area contributed by atoms with Gasteiger partial charge in [0.15, 0.2) is 0 Å². The lowest BCUT2D eigenvalue weighted by Crippen LogP contribution is -2.36. The first-order chi connectivity index (χ1) is 11.8. The van der Waals surface area contributed by atoms with Gasteiger partial charge in [0.2, 0.25) is 0 Å². The zero-order chi connectivity index (χ0) is 16.4. The van der Waals surface area contributed by atoms with Gasteiger partial charge in [0.1, 0.15) is 12.1 Å². The summed E-state index contributed by atoms with van der Waals surface area (Å²) in [6.45, 7) is 1.82. The first kappa shape index (κ1) is 15.1. The second-order valence-electron chi connectivity index (χ2n) is 6.39. The van der Waals surface area contributed by atoms with E-state index in [0.29, 0.717) is 5.92 Å². The lowest BCUT2D eigenvalue weighted by Gasteiger charge is -2.35. The molecule has 3 aromatic rings. The standard InChI is InChI=1S/C20H21N3O/c24-19(15-6-2-1-3-7-15)16-10-12-23(13-11-16)20-17-8-4-5-9-18(17)21-14-22-20/h1-9,14,16,19,24H,10-13H2/t19-/m0/s1. The number of aliphatic hydroxyl groups excluding tert-OH is 1. The van der Waals surface area contributed by atoms with Crippen molar-refractivity contribution in [1.29, 1.82) is 0 Å². The van der Waals surface area contributed by atoms with E-state index in [4.69, 9.17) is 0 Å². The lowest BCUT2D eigenvalue weighted by molar-refractivity contribution is 0.0929. The number of nitrogens with zero attached hydrogens (tertiary/aromatic N) is 3. The van der Waals surface area contributed by atoms with Crippen molar-refractivity contribution in [3.63, 3.8) is 0 Å². The Labute approximate surface area is 141 Å². The SMILES string of the molecule is O[C@@H](c1ccccc1)C1CCN(c2ncnc3ccccc23)CC1. The van der Waals surface area contributed by atoms with Crippen molar-refractivity contribution in [3.05, 3.63) is 66.5 Å². The topological polar surface area (TPSA) is 49.2 Å². The number of anilines is 1. The molecule has 4 heteroatoms. The van der Waals surface area contributed by atoms with Crippen LogP contribution in [0, 0.1) is 5.92 Å². The first-order valence-corrected chi connectivity index (χ1v) is 8.50. The number of aliphatic hydroxyl groups is 1. The molecule has 2 aromatic carbocycles. The third kappa shape index (κ3) is 2.85. The molecule has 0 amide bonds. The Morgan fingerprint density at radius 3 is 2.42 bits per heavy atom. The highest BCUT2D eigenvalue weighted by molar-refractivity contribution is 5.89. The Hall–Kier alpha value is -2.46. The van der Waals surface area contributed by atoms with Gasteiger partial charge in [0, 0.05) is 18.5 Å². The Morgan fingerprint density at radius 2 is 1.62 bits per heavy atom. The predicted octanol–water partition coefficient (Wildman–Crippen LogP) is 3.58. The summed E-state index contributed by atoms with van der Waals surface area (Å²) in [6, 6.07) is 18.1. The fraction of sp³-hybridized carbons (Fsp3) is 0.300. The summed E-state index contributed by atoms with van der Waals surface area (Å²) in [5.74, 6) is 1.31. The number of benzene rings is 2. The van der Waals surface area contributed by atoms with Gasteiger partial charge in [0.05, 0.1) is 11.6 Å². The Kier molecular flexibility index (Phi) is 4.13. The van der Waals surface area contributed by atoms with Gasteiger partial charge >= 0.3 is 0 Å². The average molecular weight is 319 g/mol. The minimum atomic E-state index is -0.379. The van der Waals surface area contributed by atoms with Crippen molar-refractivity contribution in [2.75, 3.05) is 18.0 Å². The molecule has 0 saturated carbocycles. The summed E-state index contributed by atoms with van der Waals surface area (Å²) in [4.78, 5) is 11.2. The van der Waals surface area contributed by atoms with E-state index in [9.17, 15) is 5.11 Å². The highest BCUT2D eigenvalue weighted by Crippen LogP contribution is 2.33. The molecule has 1 N–H and O–H groups in total. The van der Waals surface area contributed by atoms with Crippen molar-refractivity contribution in [1.82, 2.24) is 9.97 Å². The second kappa shape index (κ2) is 6.57. The normalized spacial score (nSPS) is 17.1. The highest BCUT2D eigenvalue weighted by Gasteiger charge is 2.27. The summed E-state index contributed by atoms with van der Waals surface area (Å²) in [5, 5.41) is 11.7. The van der Waals surface area contributed by atoms with Crippen LogP contribution in [-0.2, 0) is 0 Å². The minimum absolute atomic E-state index is 0.303. The summed E-state index contributed by atoms with van der Waals surface area (Å²) in [5.41, 5.74) is 2.00. The molecule has 1 aromatic heterocycles. The number of fused-ring (bicyclic) bond motifs is 1. The molecule has 4 rings (SSSR count). The van der Waals surface area contributed by atoms with Crippen molar-refractivity contribution < 1.29 is 5.11 Å². The maximum absolute atomic E-state index is 10.6. The molecule has 4 nitrogen and oxygen atoms in total. The van der Waals surface area contributed by atoms with Crippen LogP contribution in [0.5, 0.6) is 0 Å². The van der Waals surface area contributed by atoms with Gasteiger partial charge in [-0.25, -0.2) is 9.97 Å². The van der Waals surface area contributed by atoms with E-state index in [-0.39, 0.29) is 6.10 Å². The fourth-order valence-electron chi connectivity index (χ4n) is 3.59. The van der Waals surface area contributed by atoms with Gasteiger partial charge in [-0.2, -0.15) is 0 Å². The molecule has 0 aliphatic carbocycles. The summed E-state index contributed by atoms with van der Waals surface area (Å²) in [7, 11) is 0. The molecule has 1 saturated heterocycles. The van der Waals surface area contributed by atoms with Crippen LogP contribution in [0.1, 0.15) is 24.5 Å². The van der Waals surface area contributed by atoms with E-state index in [1.807, 2.05) is 48.5 Å². The number of hydrogen-bond donors (Lipinski definition) is 1. The largest absolute Gasteiger partial charge is 0.388 e. The van der Waals surface area contributed by atoms with Crippen LogP contribution in [0.4, 0.5) is 5.82 Å². The molecular formula is C20H21N3O. The van der Waals surface area contributed by atoms with E-state index < -0.39 is 0 Å². The van der Waals surface area contributed by atoms with Crippen LogP contribution in [0.25, 0.3) is 10.9 Å². The minimum Gasteiger partial charge on any atom is -0.388 e. The van der Waals surface area contributed by atoms with E-state index >= 15 is 0 Å². The zero-order valence-electron chi connectivity index (χ0n) is 13.5. The van der Waals surface area contributed by atoms with E-state index in [0.717, 1.165) is 48.2 Å². The van der Waals surface area contributed by atoms with Gasteiger partial charge in [-0.15, -0.1) is 0 Å². The predicted molar refractivity (Wildman–Crippen MR) is 95.9 cm³/mol. The molecule has 122 valence electrons. The smallest absolute Gasteiger partial charge is 0.139 e. The summed E-state index contributed by atoms with van der Waals surface area (Å²) < 4.78 is 0. The second-order valence-corrected chi connectivity index (χ2v) is 6.39. The van der Waals surface area contributed by atoms with Gasteiger partial charge < -0.3 is 10.0 Å². The average Bonchev–Trinajstić information content (AvgIpc) is 2.68. The fourth-order valence-corrected chi connectivity index (χ4v) is 3.59. The van der Waals surface area contributed by atoms with E-state index in [2.05, 4.69) is 20.9 Å². The van der Waals surface area contributed by atoms with Crippen molar-refractivity contribution in [2.24, 2.45) is 5.92 Å². The monoisotopic (exact) mass is 319 g/mol. The molecule has 1 aliphatic heterocycles. The zero-order valence-corrected chi connectivity index (χ0v) is 13.5. The van der Waals surface area contributed by atoms with Crippen molar-refractivity contribution in [2.45, 2.75) is 18.9 Å². The third-order valence-corrected chi connectivity index (χ3v) is 4.95. The maximum atomic E-state index is 10.6. The van der Waals surface area contributed by atoms with Crippen LogP contribution in [0.15, 0.2) is 60.9 Å². The molecule has 2 heterocycles. The lowest BCUT2D eigenvalue weighted by atomic mass is 9.87. The number of rotatable bonds is 3. The quantitative estimate of drug-likeness (QED) is 0.801. The van der Waals surface area contributed by atoms with Crippen molar-refractivity contribution >= 4 is 16.7 Å². The molecule has 24 heavy (non-hydrogen) atoms. The first-order valence-electron chi connectivity index (χ1n) is 8.50. The van der Waals surface area contributed by atoms with E-state index in [1.165, 1.54) is 0 Å². The summed E-state index contributed by atoms with van der Waals surface area (Å²) >= 11 is 0. The molecule has 1 fully saturated rings. The molecule has 0 radical (unpaired) electrons. The molecule has 1 aliphatic rings. The van der Waals surface area contributed by atoms with Crippen LogP contribution < -0.4 is 4.90 Å². The molecule has 0 unspecified atom stereocenters. The Bertz CT molecular complexity index is 808. The Balaban J connectivity index is 1.50. The molecule has 1 atom stereocenters. The molecular weight excluding hydrogens is 298 g/mol. The van der Waals surface area contributed by atoms with E-state index in [1.54, 1.807) is 6.33 Å². The molecule has 0 bridgehead atoms. The number of para-hydroxylation sites is 1. The van der Waals surface area contributed by atoms with Crippen molar-refractivity contribution in [3.8, 4) is 0 Å². The van der Waals surface area contributed by atoms with Gasteiger partial charge in [-0.1, -0.05) is 42.5 Å². The third-order valence-electron chi connectivity index (χ3n) is 4.95. The number of piperidine rings is 1. The number of hydrogen-bond acceptors (Lipinski definition) is 4. The highest BCUT2D eigenvalue weighted by atomic mass is 16.3. The van der Waals surface area contributed by atoms with Crippen LogP contribution in [0.3, 0.4) is 0 Å². The van der Waals surface area contributed by atoms with Gasteiger partial charge in [-0.3, -0.25) is 0 Å². The van der Waals surface area contributed by atoms with Crippen LogP contribution >= 0.6 is 0 Å². The number of aromatic nitrogens is 2. The maximum Gasteiger partial charge on any atom is 0.139 e. The summed E-state index contributed by atoms with van der Waals surface area (Å²) in [6.07, 6.45) is 3.20. The Morgan fingerprint density at radius 1 is 0.917 bits per heavy atom. The van der Waals surface area contributed by atoms with Gasteiger partial charge in [-0.05, 0) is 36.5 Å². The van der Waals surface area contributed by atoms with Crippen LogP contribution in [0.2, 0.25) is 0 Å². The van der Waals surface area contributed by atoms with Crippen LogP contribution in [-0.4, -0.2) is 28.2 Å². The molecule has 0 spiro atoms. The van der Waals surface area contributed by atoms with Gasteiger partial charge in [0.25, 0.3) is 0 Å².